The largest absolute Gasteiger partial charge is 0.481 e. The molecule has 1 aliphatic carbocycles. The summed E-state index contributed by atoms with van der Waals surface area (Å²) in [4.78, 5) is 37.1. The molecule has 2 aromatic carbocycles. The molecule has 1 unspecified atom stereocenters. The van der Waals surface area contributed by atoms with Crippen LogP contribution in [0, 0.1) is 16.0 Å². The minimum Gasteiger partial charge on any atom is -0.481 e. The molecule has 2 aliphatic rings. The van der Waals surface area contributed by atoms with Crippen LogP contribution >= 0.6 is 0 Å². The number of carbonyl (C=O) groups is 2. The first-order valence-electron chi connectivity index (χ1n) is 9.55. The molecule has 4 rings (SSSR count). The number of carbonyl (C=O) groups excluding carboxylic acids is 2. The SMILES string of the molecule is CC1Oc2ccc(NC(=O)c3ccc([N+](=O)[O-])cc3)cc2CN(CC2CC2)C1=O. The summed E-state index contributed by atoms with van der Waals surface area (Å²) in [6.07, 6.45) is 1.75. The number of nitrogens with zero attached hydrogens (tertiary/aromatic N) is 2. The number of rotatable bonds is 5. The lowest BCUT2D eigenvalue weighted by atomic mass is 10.1. The maximum atomic E-state index is 12.6. The van der Waals surface area contributed by atoms with Crippen molar-refractivity contribution < 1.29 is 19.2 Å². The van der Waals surface area contributed by atoms with Crippen molar-refractivity contribution in [2.24, 2.45) is 5.92 Å². The van der Waals surface area contributed by atoms with Crippen molar-refractivity contribution in [3.8, 4) is 5.75 Å². The third-order valence-corrected chi connectivity index (χ3v) is 5.16. The van der Waals surface area contributed by atoms with E-state index in [0.29, 0.717) is 29.5 Å². The maximum Gasteiger partial charge on any atom is 0.269 e. The summed E-state index contributed by atoms with van der Waals surface area (Å²) >= 11 is 0. The summed E-state index contributed by atoms with van der Waals surface area (Å²) in [7, 11) is 0. The highest BCUT2D eigenvalue weighted by Crippen LogP contribution is 2.33. The van der Waals surface area contributed by atoms with Gasteiger partial charge in [0.05, 0.1) is 4.92 Å². The Morgan fingerprint density at radius 1 is 1.24 bits per heavy atom. The van der Waals surface area contributed by atoms with E-state index in [1.54, 1.807) is 19.1 Å². The number of non-ortho nitro benzene ring substituents is 1. The summed E-state index contributed by atoms with van der Waals surface area (Å²) in [5.74, 6) is 0.813. The third-order valence-electron chi connectivity index (χ3n) is 5.16. The summed E-state index contributed by atoms with van der Waals surface area (Å²) in [6.45, 7) is 2.92. The number of fused-ring (bicyclic) bond motifs is 1. The van der Waals surface area contributed by atoms with Crippen molar-refractivity contribution in [3.05, 3.63) is 63.7 Å². The molecule has 1 heterocycles. The maximum absolute atomic E-state index is 12.6. The number of hydrogen-bond acceptors (Lipinski definition) is 5. The van der Waals surface area contributed by atoms with Gasteiger partial charge in [0, 0.05) is 42.0 Å². The van der Waals surface area contributed by atoms with Gasteiger partial charge in [0.25, 0.3) is 17.5 Å². The van der Waals surface area contributed by atoms with Crippen molar-refractivity contribution in [3.63, 3.8) is 0 Å². The zero-order valence-electron chi connectivity index (χ0n) is 16.0. The first kappa shape index (κ1) is 18.9. The van der Waals surface area contributed by atoms with Crippen LogP contribution in [0.1, 0.15) is 35.7 Å². The highest BCUT2D eigenvalue weighted by Gasteiger charge is 2.32. The van der Waals surface area contributed by atoms with Gasteiger partial charge in [0.2, 0.25) is 0 Å². The van der Waals surface area contributed by atoms with Gasteiger partial charge >= 0.3 is 0 Å². The van der Waals surface area contributed by atoms with Crippen molar-refractivity contribution in [2.75, 3.05) is 11.9 Å². The molecule has 8 nitrogen and oxygen atoms in total. The number of ether oxygens (including phenoxy) is 1. The lowest BCUT2D eigenvalue weighted by Crippen LogP contribution is -2.39. The lowest BCUT2D eigenvalue weighted by molar-refractivity contribution is -0.384. The van der Waals surface area contributed by atoms with Gasteiger partial charge in [0.1, 0.15) is 5.75 Å². The van der Waals surface area contributed by atoms with E-state index in [2.05, 4.69) is 5.32 Å². The number of hydrogen-bond donors (Lipinski definition) is 1. The van der Waals surface area contributed by atoms with Crippen LogP contribution in [0.3, 0.4) is 0 Å². The number of nitrogens with one attached hydrogen (secondary N) is 1. The Bertz CT molecular complexity index is 969. The standard InChI is InChI=1S/C21H21N3O5/c1-13-21(26)23(11-14-2-3-14)12-16-10-17(6-9-19(16)29-13)22-20(25)15-4-7-18(8-5-15)24(27)28/h4-10,13-14H,2-3,11-12H2,1H3,(H,22,25). The zero-order chi connectivity index (χ0) is 20.5. The van der Waals surface area contributed by atoms with E-state index in [1.165, 1.54) is 24.3 Å². The highest BCUT2D eigenvalue weighted by molar-refractivity contribution is 6.04. The monoisotopic (exact) mass is 395 g/mol. The molecule has 0 bridgehead atoms. The summed E-state index contributed by atoms with van der Waals surface area (Å²) in [5, 5.41) is 13.5. The van der Waals surface area contributed by atoms with Gasteiger partial charge in [-0.05, 0) is 56.0 Å². The van der Waals surface area contributed by atoms with Crippen LogP contribution in [0.25, 0.3) is 0 Å². The number of amides is 2. The second-order valence-electron chi connectivity index (χ2n) is 7.50. The van der Waals surface area contributed by atoms with Gasteiger partial charge in [0.15, 0.2) is 6.10 Å². The lowest BCUT2D eigenvalue weighted by Gasteiger charge is -2.22. The molecule has 1 fully saturated rings. The Kier molecular flexibility index (Phi) is 4.92. The quantitative estimate of drug-likeness (QED) is 0.618. The molecule has 0 aromatic heterocycles. The van der Waals surface area contributed by atoms with Gasteiger partial charge in [-0.2, -0.15) is 0 Å². The molecule has 1 atom stereocenters. The third kappa shape index (κ3) is 4.21. The minimum absolute atomic E-state index is 0.0236. The molecule has 0 saturated heterocycles. The number of nitro benzene ring substituents is 1. The van der Waals surface area contributed by atoms with Crippen molar-refractivity contribution >= 4 is 23.2 Å². The molecule has 29 heavy (non-hydrogen) atoms. The summed E-state index contributed by atoms with van der Waals surface area (Å²) < 4.78 is 5.81. The van der Waals surface area contributed by atoms with Crippen molar-refractivity contribution in [1.29, 1.82) is 0 Å². The van der Waals surface area contributed by atoms with Crippen LogP contribution in [0.2, 0.25) is 0 Å². The van der Waals surface area contributed by atoms with Gasteiger partial charge in [-0.25, -0.2) is 0 Å². The second-order valence-corrected chi connectivity index (χ2v) is 7.50. The molecule has 150 valence electrons. The average Bonchev–Trinajstić information content (AvgIpc) is 3.53. The molecule has 2 aromatic rings. The minimum atomic E-state index is -0.546. The van der Waals surface area contributed by atoms with E-state index >= 15 is 0 Å². The topological polar surface area (TPSA) is 102 Å². The van der Waals surface area contributed by atoms with E-state index < -0.39 is 11.0 Å². The van der Waals surface area contributed by atoms with Crippen LogP contribution in [-0.2, 0) is 11.3 Å². The van der Waals surface area contributed by atoms with E-state index in [-0.39, 0.29) is 17.5 Å². The number of benzene rings is 2. The molecule has 1 aliphatic heterocycles. The van der Waals surface area contributed by atoms with Gasteiger partial charge in [-0.1, -0.05) is 0 Å². The Balaban J connectivity index is 1.52. The van der Waals surface area contributed by atoms with Crippen LogP contribution in [0.15, 0.2) is 42.5 Å². The molecule has 1 N–H and O–H groups in total. The highest BCUT2D eigenvalue weighted by atomic mass is 16.6. The van der Waals surface area contributed by atoms with Crippen LogP contribution in [0.5, 0.6) is 5.75 Å². The van der Waals surface area contributed by atoms with E-state index in [9.17, 15) is 19.7 Å². The predicted octanol–water partition coefficient (Wildman–Crippen LogP) is 3.37. The smallest absolute Gasteiger partial charge is 0.269 e. The molecule has 0 radical (unpaired) electrons. The molecule has 0 spiro atoms. The Morgan fingerprint density at radius 3 is 2.62 bits per heavy atom. The summed E-state index contributed by atoms with van der Waals surface area (Å²) in [6, 6.07) is 10.7. The van der Waals surface area contributed by atoms with Crippen LogP contribution in [-0.4, -0.2) is 34.3 Å². The normalized spacial score (nSPS) is 18.4. The zero-order valence-corrected chi connectivity index (χ0v) is 16.0. The Morgan fingerprint density at radius 2 is 1.97 bits per heavy atom. The summed E-state index contributed by atoms with van der Waals surface area (Å²) in [5.41, 5.74) is 1.66. The molecule has 8 heteroatoms. The first-order valence-corrected chi connectivity index (χ1v) is 9.55. The first-order chi connectivity index (χ1) is 13.9. The van der Waals surface area contributed by atoms with Crippen molar-refractivity contribution in [2.45, 2.75) is 32.4 Å². The fourth-order valence-corrected chi connectivity index (χ4v) is 3.38. The van der Waals surface area contributed by atoms with Gasteiger partial charge < -0.3 is 15.0 Å². The van der Waals surface area contributed by atoms with Gasteiger partial charge in [-0.3, -0.25) is 19.7 Å². The van der Waals surface area contributed by atoms with Crippen LogP contribution < -0.4 is 10.1 Å². The van der Waals surface area contributed by atoms with Crippen molar-refractivity contribution in [1.82, 2.24) is 4.90 Å². The van der Waals surface area contributed by atoms with E-state index in [0.717, 1.165) is 24.9 Å². The van der Waals surface area contributed by atoms with E-state index in [1.807, 2.05) is 11.0 Å². The Hall–Kier alpha value is -3.42. The molecule has 2 amide bonds. The number of anilines is 1. The molecule has 1 saturated carbocycles. The Labute approximate surface area is 167 Å². The average molecular weight is 395 g/mol. The van der Waals surface area contributed by atoms with Crippen LogP contribution in [0.4, 0.5) is 11.4 Å². The van der Waals surface area contributed by atoms with Gasteiger partial charge in [-0.15, -0.1) is 0 Å². The predicted molar refractivity (Wildman–Crippen MR) is 106 cm³/mol. The fourth-order valence-electron chi connectivity index (χ4n) is 3.38. The molecular formula is C21H21N3O5. The van der Waals surface area contributed by atoms with E-state index in [4.69, 9.17) is 4.74 Å². The molecular weight excluding hydrogens is 374 g/mol. The second kappa shape index (κ2) is 7.54. The number of nitro groups is 1. The fraction of sp³-hybridized carbons (Fsp3) is 0.333.